The van der Waals surface area contributed by atoms with Gasteiger partial charge in [0.1, 0.15) is 0 Å². The van der Waals surface area contributed by atoms with Crippen molar-refractivity contribution in [3.8, 4) is 0 Å². The summed E-state index contributed by atoms with van der Waals surface area (Å²) in [5.74, 6) is 0. The maximum atomic E-state index is 4.50. The Hall–Kier alpha value is -1.41. The minimum Gasteiger partial charge on any atom is -0.307 e. The molecule has 0 radical (unpaired) electrons. The second-order valence-corrected chi connectivity index (χ2v) is 5.58. The molecule has 2 heteroatoms. The Labute approximate surface area is 115 Å². The molecule has 1 aromatic carbocycles. The Bertz CT molecular complexity index is 554. The summed E-state index contributed by atoms with van der Waals surface area (Å²) >= 11 is 0. The van der Waals surface area contributed by atoms with Crippen molar-refractivity contribution in [1.29, 1.82) is 0 Å². The molecule has 2 nitrogen and oxygen atoms in total. The van der Waals surface area contributed by atoms with E-state index in [2.05, 4.69) is 41.5 Å². The van der Waals surface area contributed by atoms with E-state index in [9.17, 15) is 0 Å². The lowest BCUT2D eigenvalue weighted by molar-refractivity contribution is 0.313. The maximum absolute atomic E-state index is 4.50. The minimum atomic E-state index is 0.155. The number of rotatable bonds is 2. The zero-order valence-electron chi connectivity index (χ0n) is 11.7. The van der Waals surface area contributed by atoms with Gasteiger partial charge in [0.2, 0.25) is 0 Å². The molecule has 1 aliphatic heterocycles. The lowest BCUT2D eigenvalue weighted by atomic mass is 9.83. The molecule has 2 aromatic rings. The van der Waals surface area contributed by atoms with Gasteiger partial charge >= 0.3 is 0 Å². The fourth-order valence-electron chi connectivity index (χ4n) is 3.26. The number of hydrogen-bond donors (Lipinski definition) is 1. The van der Waals surface area contributed by atoms with E-state index in [-0.39, 0.29) is 5.54 Å². The van der Waals surface area contributed by atoms with Gasteiger partial charge in [-0.15, -0.1) is 0 Å². The Balaban J connectivity index is 2.04. The summed E-state index contributed by atoms with van der Waals surface area (Å²) in [6, 6.07) is 10.9. The van der Waals surface area contributed by atoms with E-state index in [1.54, 1.807) is 0 Å². The van der Waals surface area contributed by atoms with Crippen molar-refractivity contribution < 1.29 is 0 Å². The predicted molar refractivity (Wildman–Crippen MR) is 80.2 cm³/mol. The largest absolute Gasteiger partial charge is 0.307 e. The van der Waals surface area contributed by atoms with Crippen LogP contribution in [0.2, 0.25) is 0 Å². The second kappa shape index (κ2) is 5.30. The van der Waals surface area contributed by atoms with E-state index in [1.807, 2.05) is 12.3 Å². The van der Waals surface area contributed by atoms with Crippen molar-refractivity contribution in [2.75, 3.05) is 6.54 Å². The van der Waals surface area contributed by atoms with Crippen LogP contribution in [0.3, 0.4) is 0 Å². The van der Waals surface area contributed by atoms with Gasteiger partial charge in [0, 0.05) is 17.1 Å². The number of fused-ring (bicyclic) bond motifs is 1. The van der Waals surface area contributed by atoms with Gasteiger partial charge in [-0.2, -0.15) is 0 Å². The zero-order valence-corrected chi connectivity index (χ0v) is 11.7. The van der Waals surface area contributed by atoms with E-state index in [0.29, 0.717) is 0 Å². The lowest BCUT2D eigenvalue weighted by Gasteiger charge is -2.33. The van der Waals surface area contributed by atoms with Crippen LogP contribution in [0.1, 0.15) is 44.6 Å². The molecule has 2 heterocycles. The number of nitrogens with zero attached hydrogens (tertiary/aromatic N) is 1. The quantitative estimate of drug-likeness (QED) is 0.876. The molecule has 100 valence electrons. The summed E-state index contributed by atoms with van der Waals surface area (Å²) < 4.78 is 0. The van der Waals surface area contributed by atoms with Gasteiger partial charge in [-0.3, -0.25) is 4.98 Å². The number of aromatic nitrogens is 1. The molecule has 1 unspecified atom stereocenters. The highest BCUT2D eigenvalue weighted by atomic mass is 15.0. The summed E-state index contributed by atoms with van der Waals surface area (Å²) in [6.45, 7) is 3.43. The first-order valence-corrected chi connectivity index (χ1v) is 7.44. The summed E-state index contributed by atoms with van der Waals surface area (Å²) in [5, 5.41) is 5.03. The molecule has 0 amide bonds. The molecule has 0 aliphatic carbocycles. The molecule has 19 heavy (non-hydrogen) atoms. The molecule has 0 spiro atoms. The summed E-state index contributed by atoms with van der Waals surface area (Å²) in [4.78, 5) is 4.50. The van der Waals surface area contributed by atoms with Crippen LogP contribution in [0.4, 0.5) is 0 Å². The minimum absolute atomic E-state index is 0.155. The summed E-state index contributed by atoms with van der Waals surface area (Å²) in [5.41, 5.74) is 2.67. The molecule has 0 bridgehead atoms. The van der Waals surface area contributed by atoms with Crippen molar-refractivity contribution in [2.45, 2.75) is 44.6 Å². The standard InChI is InChI=1S/C17H22N2/c1-2-17(10-4-3-5-12-19-17)15-9-8-14-7-6-11-18-16(14)13-15/h6-9,11,13,19H,2-5,10,12H2,1H3. The maximum Gasteiger partial charge on any atom is 0.0705 e. The average molecular weight is 254 g/mol. The van der Waals surface area contributed by atoms with E-state index in [4.69, 9.17) is 0 Å². The van der Waals surface area contributed by atoms with Gasteiger partial charge in [0.05, 0.1) is 5.52 Å². The summed E-state index contributed by atoms with van der Waals surface area (Å²) in [6.07, 6.45) is 8.23. The summed E-state index contributed by atoms with van der Waals surface area (Å²) in [7, 11) is 0. The van der Waals surface area contributed by atoms with E-state index >= 15 is 0 Å². The topological polar surface area (TPSA) is 24.9 Å². The van der Waals surface area contributed by atoms with Crippen molar-refractivity contribution in [3.05, 3.63) is 42.1 Å². The highest BCUT2D eigenvalue weighted by molar-refractivity contribution is 5.79. The molecular formula is C17H22N2. The number of pyridine rings is 1. The van der Waals surface area contributed by atoms with Crippen LogP contribution in [0.15, 0.2) is 36.5 Å². The van der Waals surface area contributed by atoms with Crippen LogP contribution >= 0.6 is 0 Å². The monoisotopic (exact) mass is 254 g/mol. The molecule has 1 N–H and O–H groups in total. The van der Waals surface area contributed by atoms with Gasteiger partial charge in [-0.1, -0.05) is 38.0 Å². The highest BCUT2D eigenvalue weighted by Crippen LogP contribution is 2.34. The zero-order chi connectivity index (χ0) is 13.1. The average Bonchev–Trinajstić information content (AvgIpc) is 2.73. The molecule has 1 aliphatic rings. The first-order chi connectivity index (χ1) is 9.34. The van der Waals surface area contributed by atoms with E-state index in [1.165, 1.54) is 36.6 Å². The fraction of sp³-hybridized carbons (Fsp3) is 0.471. The van der Waals surface area contributed by atoms with E-state index < -0.39 is 0 Å². The third-order valence-corrected chi connectivity index (χ3v) is 4.51. The number of nitrogens with one attached hydrogen (secondary N) is 1. The molecule has 1 fully saturated rings. The highest BCUT2D eigenvalue weighted by Gasteiger charge is 2.30. The Morgan fingerprint density at radius 2 is 2.16 bits per heavy atom. The first kappa shape index (κ1) is 12.6. The lowest BCUT2D eigenvalue weighted by Crippen LogP contribution is -2.41. The third kappa shape index (κ3) is 2.37. The van der Waals surface area contributed by atoms with Crippen LogP contribution in [0.5, 0.6) is 0 Å². The van der Waals surface area contributed by atoms with Crippen molar-refractivity contribution in [1.82, 2.24) is 10.3 Å². The van der Waals surface area contributed by atoms with Gasteiger partial charge < -0.3 is 5.32 Å². The number of hydrogen-bond acceptors (Lipinski definition) is 2. The van der Waals surface area contributed by atoms with Gasteiger partial charge in [-0.25, -0.2) is 0 Å². The van der Waals surface area contributed by atoms with Crippen LogP contribution in [-0.2, 0) is 5.54 Å². The predicted octanol–water partition coefficient (Wildman–Crippen LogP) is 4.00. The number of benzene rings is 1. The van der Waals surface area contributed by atoms with Gasteiger partial charge in [0.25, 0.3) is 0 Å². The molecule has 0 saturated carbocycles. The smallest absolute Gasteiger partial charge is 0.0705 e. The van der Waals surface area contributed by atoms with Crippen molar-refractivity contribution >= 4 is 10.9 Å². The Morgan fingerprint density at radius 1 is 1.21 bits per heavy atom. The van der Waals surface area contributed by atoms with Crippen LogP contribution < -0.4 is 5.32 Å². The normalized spacial score (nSPS) is 24.3. The molecule has 1 atom stereocenters. The molecule has 3 rings (SSSR count). The molecule has 1 saturated heterocycles. The second-order valence-electron chi connectivity index (χ2n) is 5.58. The first-order valence-electron chi connectivity index (χ1n) is 7.44. The fourth-order valence-corrected chi connectivity index (χ4v) is 3.26. The van der Waals surface area contributed by atoms with Gasteiger partial charge in [-0.05, 0) is 43.5 Å². The van der Waals surface area contributed by atoms with E-state index in [0.717, 1.165) is 18.5 Å². The molecule has 1 aromatic heterocycles. The Kier molecular flexibility index (Phi) is 3.52. The SMILES string of the molecule is CCC1(c2ccc3cccnc3c2)CCCCCN1. The van der Waals surface area contributed by atoms with Crippen molar-refractivity contribution in [3.63, 3.8) is 0 Å². The Morgan fingerprint density at radius 3 is 3.05 bits per heavy atom. The third-order valence-electron chi connectivity index (χ3n) is 4.51. The van der Waals surface area contributed by atoms with Crippen molar-refractivity contribution in [2.24, 2.45) is 0 Å². The van der Waals surface area contributed by atoms with Crippen LogP contribution in [-0.4, -0.2) is 11.5 Å². The van der Waals surface area contributed by atoms with Gasteiger partial charge in [0.15, 0.2) is 0 Å². The molecular weight excluding hydrogens is 232 g/mol. The van der Waals surface area contributed by atoms with Crippen LogP contribution in [0.25, 0.3) is 10.9 Å². The van der Waals surface area contributed by atoms with Crippen LogP contribution in [0, 0.1) is 0 Å².